The number of carbonyl (C=O) groups excluding carboxylic acids is 1. The Morgan fingerprint density at radius 1 is 1.04 bits per heavy atom. The summed E-state index contributed by atoms with van der Waals surface area (Å²) in [6.45, 7) is 0.906. The molecular weight excluding hydrogens is 351 g/mol. The van der Waals surface area contributed by atoms with Crippen LogP contribution in [0.3, 0.4) is 0 Å². The predicted molar refractivity (Wildman–Crippen MR) is 96.5 cm³/mol. The molecule has 0 aliphatic rings. The van der Waals surface area contributed by atoms with Gasteiger partial charge in [0.1, 0.15) is 18.1 Å². The highest BCUT2D eigenvalue weighted by Gasteiger charge is 2.03. The topological polar surface area (TPSA) is 59.6 Å². The van der Waals surface area contributed by atoms with E-state index in [1.54, 1.807) is 25.3 Å². The van der Waals surface area contributed by atoms with E-state index in [2.05, 4.69) is 10.6 Å². The van der Waals surface area contributed by atoms with Gasteiger partial charge in [0.05, 0.1) is 20.2 Å². The Bertz CT molecular complexity index is 658. The van der Waals surface area contributed by atoms with Gasteiger partial charge in [-0.1, -0.05) is 23.2 Å². The quantitative estimate of drug-likeness (QED) is 0.698. The number of methoxy groups -OCH3 is 1. The van der Waals surface area contributed by atoms with Crippen LogP contribution in [0.25, 0.3) is 0 Å². The molecule has 0 heterocycles. The molecule has 0 saturated heterocycles. The van der Waals surface area contributed by atoms with E-state index in [-0.39, 0.29) is 12.5 Å². The number of rotatable bonds is 8. The lowest BCUT2D eigenvalue weighted by Crippen LogP contribution is -2.33. The molecular formula is C17H18Cl2N2O3. The van der Waals surface area contributed by atoms with Crippen molar-refractivity contribution in [2.75, 3.05) is 32.1 Å². The van der Waals surface area contributed by atoms with Crippen LogP contribution in [-0.2, 0) is 4.79 Å². The maximum atomic E-state index is 11.8. The van der Waals surface area contributed by atoms with E-state index in [0.717, 1.165) is 11.5 Å². The standard InChI is InChI=1S/C17H18Cl2N2O3/c1-23-15-2-4-16(5-3-15)24-7-6-20-17(22)11-21-14-9-12(18)8-13(19)10-14/h2-5,8-10,21H,6-7,11H2,1H3,(H,20,22). The molecule has 0 aliphatic heterocycles. The number of hydrogen-bond donors (Lipinski definition) is 2. The molecule has 1 amide bonds. The van der Waals surface area contributed by atoms with Crippen molar-refractivity contribution in [1.29, 1.82) is 0 Å². The molecule has 0 aromatic heterocycles. The predicted octanol–water partition coefficient (Wildman–Crippen LogP) is 3.61. The van der Waals surface area contributed by atoms with Gasteiger partial charge in [0.2, 0.25) is 5.91 Å². The molecule has 0 bridgehead atoms. The van der Waals surface area contributed by atoms with Crippen molar-refractivity contribution in [2.45, 2.75) is 0 Å². The second-order valence-corrected chi connectivity index (χ2v) is 5.76. The van der Waals surface area contributed by atoms with Crippen LogP contribution in [0.2, 0.25) is 10.0 Å². The Morgan fingerprint density at radius 2 is 1.67 bits per heavy atom. The van der Waals surface area contributed by atoms with E-state index in [0.29, 0.717) is 28.9 Å². The number of ether oxygens (including phenoxy) is 2. The third kappa shape index (κ3) is 6.18. The molecule has 128 valence electrons. The van der Waals surface area contributed by atoms with Crippen LogP contribution in [0.4, 0.5) is 5.69 Å². The molecule has 7 heteroatoms. The van der Waals surface area contributed by atoms with Gasteiger partial charge >= 0.3 is 0 Å². The summed E-state index contributed by atoms with van der Waals surface area (Å²) in [6, 6.07) is 12.3. The molecule has 0 fully saturated rings. The molecule has 2 aromatic rings. The highest BCUT2D eigenvalue weighted by atomic mass is 35.5. The Kier molecular flexibility index (Phi) is 7.03. The molecule has 2 N–H and O–H groups in total. The molecule has 0 unspecified atom stereocenters. The van der Waals surface area contributed by atoms with Crippen LogP contribution in [0.1, 0.15) is 0 Å². The van der Waals surface area contributed by atoms with Gasteiger partial charge in [-0.15, -0.1) is 0 Å². The summed E-state index contributed by atoms with van der Waals surface area (Å²) in [6.07, 6.45) is 0. The van der Waals surface area contributed by atoms with E-state index in [4.69, 9.17) is 32.7 Å². The van der Waals surface area contributed by atoms with Gasteiger partial charge in [0.15, 0.2) is 0 Å². The minimum absolute atomic E-state index is 0.124. The zero-order valence-corrected chi connectivity index (χ0v) is 14.7. The second kappa shape index (κ2) is 9.25. The number of hydrogen-bond acceptors (Lipinski definition) is 4. The number of nitrogens with one attached hydrogen (secondary N) is 2. The zero-order valence-electron chi connectivity index (χ0n) is 13.1. The van der Waals surface area contributed by atoms with E-state index in [9.17, 15) is 4.79 Å². The maximum Gasteiger partial charge on any atom is 0.239 e. The minimum Gasteiger partial charge on any atom is -0.497 e. The summed E-state index contributed by atoms with van der Waals surface area (Å²) in [7, 11) is 1.61. The highest BCUT2D eigenvalue weighted by molar-refractivity contribution is 6.35. The summed E-state index contributed by atoms with van der Waals surface area (Å²) >= 11 is 11.8. The van der Waals surface area contributed by atoms with Gasteiger partial charge in [0, 0.05) is 15.7 Å². The van der Waals surface area contributed by atoms with Crippen LogP contribution in [0.5, 0.6) is 11.5 Å². The lowest BCUT2D eigenvalue weighted by atomic mass is 10.3. The first-order chi connectivity index (χ1) is 11.6. The Balaban J connectivity index is 1.65. The molecule has 2 rings (SSSR count). The van der Waals surface area contributed by atoms with Crippen molar-refractivity contribution in [3.05, 3.63) is 52.5 Å². The number of anilines is 1. The first-order valence-electron chi connectivity index (χ1n) is 7.30. The molecule has 0 atom stereocenters. The molecule has 0 radical (unpaired) electrons. The van der Waals surface area contributed by atoms with Gasteiger partial charge in [-0.25, -0.2) is 0 Å². The van der Waals surface area contributed by atoms with E-state index in [1.807, 2.05) is 24.3 Å². The lowest BCUT2D eigenvalue weighted by molar-refractivity contribution is -0.119. The van der Waals surface area contributed by atoms with Crippen molar-refractivity contribution in [2.24, 2.45) is 0 Å². The Hall–Kier alpha value is -2.11. The van der Waals surface area contributed by atoms with Crippen molar-refractivity contribution in [3.8, 4) is 11.5 Å². The fraction of sp³-hybridized carbons (Fsp3) is 0.235. The minimum atomic E-state index is -0.149. The molecule has 0 aliphatic carbocycles. The fourth-order valence-corrected chi connectivity index (χ4v) is 2.46. The van der Waals surface area contributed by atoms with Crippen molar-refractivity contribution in [1.82, 2.24) is 5.32 Å². The average molecular weight is 369 g/mol. The van der Waals surface area contributed by atoms with Crippen LogP contribution in [0, 0.1) is 0 Å². The van der Waals surface area contributed by atoms with Gasteiger partial charge in [-0.2, -0.15) is 0 Å². The van der Waals surface area contributed by atoms with Crippen LogP contribution < -0.4 is 20.1 Å². The molecule has 0 saturated carbocycles. The van der Waals surface area contributed by atoms with Gasteiger partial charge < -0.3 is 20.1 Å². The summed E-state index contributed by atoms with van der Waals surface area (Å²) < 4.78 is 10.6. The number of amides is 1. The van der Waals surface area contributed by atoms with Crippen LogP contribution in [0.15, 0.2) is 42.5 Å². The normalized spacial score (nSPS) is 10.1. The number of benzene rings is 2. The fourth-order valence-electron chi connectivity index (χ4n) is 1.93. The SMILES string of the molecule is COc1ccc(OCCNC(=O)CNc2cc(Cl)cc(Cl)c2)cc1. The zero-order chi connectivity index (χ0) is 17.4. The van der Waals surface area contributed by atoms with Gasteiger partial charge in [-0.05, 0) is 42.5 Å². The third-order valence-electron chi connectivity index (χ3n) is 3.07. The Morgan fingerprint density at radius 3 is 2.29 bits per heavy atom. The monoisotopic (exact) mass is 368 g/mol. The van der Waals surface area contributed by atoms with E-state index in [1.165, 1.54) is 0 Å². The van der Waals surface area contributed by atoms with E-state index >= 15 is 0 Å². The van der Waals surface area contributed by atoms with Gasteiger partial charge in [-0.3, -0.25) is 4.79 Å². The molecule has 24 heavy (non-hydrogen) atoms. The van der Waals surface area contributed by atoms with Crippen molar-refractivity contribution >= 4 is 34.8 Å². The maximum absolute atomic E-state index is 11.8. The largest absolute Gasteiger partial charge is 0.497 e. The summed E-state index contributed by atoms with van der Waals surface area (Å²) in [5, 5.41) is 6.74. The molecule has 2 aromatic carbocycles. The van der Waals surface area contributed by atoms with Gasteiger partial charge in [0.25, 0.3) is 0 Å². The second-order valence-electron chi connectivity index (χ2n) is 4.89. The first-order valence-corrected chi connectivity index (χ1v) is 8.06. The van der Waals surface area contributed by atoms with Crippen LogP contribution >= 0.6 is 23.2 Å². The van der Waals surface area contributed by atoms with Crippen LogP contribution in [-0.4, -0.2) is 32.7 Å². The van der Waals surface area contributed by atoms with Crippen molar-refractivity contribution in [3.63, 3.8) is 0 Å². The lowest BCUT2D eigenvalue weighted by Gasteiger charge is -2.10. The average Bonchev–Trinajstić information content (AvgIpc) is 2.56. The van der Waals surface area contributed by atoms with E-state index < -0.39 is 0 Å². The Labute approximate surface area is 150 Å². The first kappa shape index (κ1) is 18.2. The molecule has 5 nitrogen and oxygen atoms in total. The number of halogens is 2. The summed E-state index contributed by atoms with van der Waals surface area (Å²) in [5.74, 6) is 1.34. The molecule has 0 spiro atoms. The smallest absolute Gasteiger partial charge is 0.239 e. The summed E-state index contributed by atoms with van der Waals surface area (Å²) in [5.41, 5.74) is 0.692. The highest BCUT2D eigenvalue weighted by Crippen LogP contribution is 2.22. The number of carbonyl (C=O) groups is 1. The summed E-state index contributed by atoms with van der Waals surface area (Å²) in [4.78, 5) is 11.8. The van der Waals surface area contributed by atoms with Crippen molar-refractivity contribution < 1.29 is 14.3 Å². The third-order valence-corrected chi connectivity index (χ3v) is 3.50.